The lowest BCUT2D eigenvalue weighted by molar-refractivity contribution is 0.102. The predicted octanol–water partition coefficient (Wildman–Crippen LogP) is 4.08. The quantitative estimate of drug-likeness (QED) is 0.725. The van der Waals surface area contributed by atoms with E-state index >= 15 is 0 Å². The molecule has 2 N–H and O–H groups in total. The van der Waals surface area contributed by atoms with Gasteiger partial charge in [-0.1, -0.05) is 6.07 Å². The highest BCUT2D eigenvalue weighted by Crippen LogP contribution is 2.34. The van der Waals surface area contributed by atoms with Gasteiger partial charge in [0.25, 0.3) is 5.91 Å². The van der Waals surface area contributed by atoms with Gasteiger partial charge in [0, 0.05) is 18.0 Å². The number of aromatic nitrogens is 1. The van der Waals surface area contributed by atoms with E-state index in [0.29, 0.717) is 17.2 Å². The lowest BCUT2D eigenvalue weighted by atomic mass is 10.2. The van der Waals surface area contributed by atoms with Crippen molar-refractivity contribution in [3.05, 3.63) is 72.1 Å². The maximum Gasteiger partial charge on any atom is 0.257 e. The van der Waals surface area contributed by atoms with Crippen LogP contribution >= 0.6 is 0 Å². The molecule has 3 aromatic rings. The molecular weight excluding hydrogens is 356 g/mol. The van der Waals surface area contributed by atoms with Gasteiger partial charge in [0.05, 0.1) is 17.4 Å². The molecule has 27 heavy (non-hydrogen) atoms. The second-order valence-corrected chi connectivity index (χ2v) is 5.71. The molecule has 1 aromatic heterocycles. The topological polar surface area (TPSA) is 72.5 Å². The van der Waals surface area contributed by atoms with Crippen molar-refractivity contribution >= 4 is 23.0 Å². The van der Waals surface area contributed by atoms with Crippen molar-refractivity contribution in [3.63, 3.8) is 0 Å². The second kappa shape index (κ2) is 6.91. The highest BCUT2D eigenvalue weighted by Gasteiger charge is 2.15. The molecule has 1 amide bonds. The van der Waals surface area contributed by atoms with Crippen LogP contribution in [0.15, 0.2) is 54.9 Å². The fourth-order valence-corrected chi connectivity index (χ4v) is 2.57. The number of anilines is 3. The molecular formula is C19H13F2N3O3. The third-order valence-electron chi connectivity index (χ3n) is 3.86. The van der Waals surface area contributed by atoms with Crippen molar-refractivity contribution in [3.8, 4) is 11.5 Å². The summed E-state index contributed by atoms with van der Waals surface area (Å²) in [5.74, 6) is -0.779. The lowest BCUT2D eigenvalue weighted by Gasteiger charge is -2.10. The Bertz CT molecular complexity index is 1010. The molecule has 8 heteroatoms. The zero-order valence-electron chi connectivity index (χ0n) is 13.8. The molecule has 0 radical (unpaired) electrons. The van der Waals surface area contributed by atoms with Gasteiger partial charge in [-0.15, -0.1) is 0 Å². The van der Waals surface area contributed by atoms with E-state index in [-0.39, 0.29) is 23.7 Å². The Hall–Kier alpha value is -3.68. The molecule has 0 bridgehead atoms. The third-order valence-corrected chi connectivity index (χ3v) is 3.86. The Balaban J connectivity index is 1.52. The van der Waals surface area contributed by atoms with E-state index < -0.39 is 17.5 Å². The number of hydrogen-bond acceptors (Lipinski definition) is 5. The minimum absolute atomic E-state index is 0.136. The first-order chi connectivity index (χ1) is 13.1. The summed E-state index contributed by atoms with van der Waals surface area (Å²) in [5.41, 5.74) is 0.696. The Morgan fingerprint density at radius 1 is 0.963 bits per heavy atom. The highest BCUT2D eigenvalue weighted by molar-refractivity contribution is 6.04. The van der Waals surface area contributed by atoms with Gasteiger partial charge in [0.15, 0.2) is 11.5 Å². The standard InChI is InChI=1S/C19H13F2N3O3/c20-14-2-1-3-15(21)18(14)23-13-6-11(8-22-9-13)19(25)24-12-4-5-16-17(7-12)27-10-26-16/h1-9,23H,10H2,(H,24,25). The molecule has 2 aromatic carbocycles. The fraction of sp³-hybridized carbons (Fsp3) is 0.0526. The normalized spacial score (nSPS) is 11.9. The van der Waals surface area contributed by atoms with Gasteiger partial charge in [-0.25, -0.2) is 8.78 Å². The number of pyridine rings is 1. The van der Waals surface area contributed by atoms with E-state index in [4.69, 9.17) is 9.47 Å². The minimum Gasteiger partial charge on any atom is -0.454 e. The summed E-state index contributed by atoms with van der Waals surface area (Å²) in [4.78, 5) is 16.4. The summed E-state index contributed by atoms with van der Waals surface area (Å²) in [6, 6.07) is 9.99. The molecule has 2 heterocycles. The van der Waals surface area contributed by atoms with Crippen LogP contribution in [0.1, 0.15) is 10.4 Å². The SMILES string of the molecule is O=C(Nc1ccc2c(c1)OCO2)c1cncc(Nc2c(F)cccc2F)c1. The van der Waals surface area contributed by atoms with Crippen molar-refractivity contribution < 1.29 is 23.0 Å². The van der Waals surface area contributed by atoms with Crippen molar-refractivity contribution in [1.29, 1.82) is 0 Å². The summed E-state index contributed by atoms with van der Waals surface area (Å²) in [7, 11) is 0. The van der Waals surface area contributed by atoms with Gasteiger partial charge in [0.2, 0.25) is 6.79 Å². The maximum absolute atomic E-state index is 13.8. The van der Waals surface area contributed by atoms with E-state index in [9.17, 15) is 13.6 Å². The summed E-state index contributed by atoms with van der Waals surface area (Å²) in [5, 5.41) is 5.32. The van der Waals surface area contributed by atoms with Crippen LogP contribution in [0.25, 0.3) is 0 Å². The van der Waals surface area contributed by atoms with E-state index in [1.54, 1.807) is 18.2 Å². The average Bonchev–Trinajstić information content (AvgIpc) is 3.13. The Morgan fingerprint density at radius 2 is 1.74 bits per heavy atom. The summed E-state index contributed by atoms with van der Waals surface area (Å²) >= 11 is 0. The number of ether oxygens (including phenoxy) is 2. The number of rotatable bonds is 4. The largest absolute Gasteiger partial charge is 0.454 e. The fourth-order valence-electron chi connectivity index (χ4n) is 2.57. The molecule has 0 unspecified atom stereocenters. The molecule has 0 atom stereocenters. The molecule has 0 saturated heterocycles. The van der Waals surface area contributed by atoms with Crippen molar-refractivity contribution in [2.24, 2.45) is 0 Å². The van der Waals surface area contributed by atoms with E-state index in [1.165, 1.54) is 24.5 Å². The zero-order valence-corrected chi connectivity index (χ0v) is 13.8. The number of nitrogens with zero attached hydrogens (tertiary/aromatic N) is 1. The Labute approximate surface area is 152 Å². The van der Waals surface area contributed by atoms with Crippen LogP contribution in [0.5, 0.6) is 11.5 Å². The van der Waals surface area contributed by atoms with Crippen LogP contribution in [0.2, 0.25) is 0 Å². The molecule has 1 aliphatic heterocycles. The van der Waals surface area contributed by atoms with Crippen LogP contribution in [0, 0.1) is 11.6 Å². The van der Waals surface area contributed by atoms with Gasteiger partial charge in [-0.3, -0.25) is 9.78 Å². The number of carbonyl (C=O) groups excluding carboxylic acids is 1. The van der Waals surface area contributed by atoms with E-state index in [1.807, 2.05) is 0 Å². The molecule has 0 aliphatic carbocycles. The van der Waals surface area contributed by atoms with Crippen LogP contribution < -0.4 is 20.1 Å². The number of benzene rings is 2. The Kier molecular flexibility index (Phi) is 4.29. The van der Waals surface area contributed by atoms with Gasteiger partial charge >= 0.3 is 0 Å². The number of halogens is 2. The first-order valence-corrected chi connectivity index (χ1v) is 7.97. The number of amides is 1. The van der Waals surface area contributed by atoms with Gasteiger partial charge in [-0.2, -0.15) is 0 Å². The molecule has 136 valence electrons. The first-order valence-electron chi connectivity index (χ1n) is 7.97. The number of carbonyl (C=O) groups is 1. The smallest absolute Gasteiger partial charge is 0.257 e. The van der Waals surface area contributed by atoms with Crippen LogP contribution in [-0.4, -0.2) is 17.7 Å². The van der Waals surface area contributed by atoms with Gasteiger partial charge in [0.1, 0.15) is 17.3 Å². The van der Waals surface area contributed by atoms with Gasteiger partial charge in [-0.05, 0) is 30.3 Å². The maximum atomic E-state index is 13.8. The number of fused-ring (bicyclic) bond motifs is 1. The average molecular weight is 369 g/mol. The summed E-state index contributed by atoms with van der Waals surface area (Å²) in [6.45, 7) is 0.136. The molecule has 4 rings (SSSR count). The van der Waals surface area contributed by atoms with Crippen molar-refractivity contribution in [1.82, 2.24) is 4.98 Å². The monoisotopic (exact) mass is 369 g/mol. The summed E-state index contributed by atoms with van der Waals surface area (Å²) in [6.07, 6.45) is 2.72. The molecule has 0 spiro atoms. The molecule has 6 nitrogen and oxygen atoms in total. The number of hydrogen-bond donors (Lipinski definition) is 2. The lowest BCUT2D eigenvalue weighted by Crippen LogP contribution is -2.12. The molecule has 0 fully saturated rings. The summed E-state index contributed by atoms with van der Waals surface area (Å²) < 4.78 is 38.0. The van der Waals surface area contributed by atoms with E-state index in [2.05, 4.69) is 15.6 Å². The zero-order chi connectivity index (χ0) is 18.8. The minimum atomic E-state index is -0.745. The van der Waals surface area contributed by atoms with Crippen LogP contribution in [0.4, 0.5) is 25.8 Å². The predicted molar refractivity (Wildman–Crippen MR) is 94.4 cm³/mol. The van der Waals surface area contributed by atoms with Crippen LogP contribution in [0.3, 0.4) is 0 Å². The molecule has 0 saturated carbocycles. The number of nitrogens with one attached hydrogen (secondary N) is 2. The second-order valence-electron chi connectivity index (χ2n) is 5.71. The van der Waals surface area contributed by atoms with Crippen molar-refractivity contribution in [2.45, 2.75) is 0 Å². The Morgan fingerprint density at radius 3 is 2.56 bits per heavy atom. The third kappa shape index (κ3) is 3.50. The van der Waals surface area contributed by atoms with Crippen LogP contribution in [-0.2, 0) is 0 Å². The van der Waals surface area contributed by atoms with Crippen molar-refractivity contribution in [2.75, 3.05) is 17.4 Å². The van der Waals surface area contributed by atoms with Gasteiger partial charge < -0.3 is 20.1 Å². The molecule has 1 aliphatic rings. The van der Waals surface area contributed by atoms with E-state index in [0.717, 1.165) is 12.1 Å². The highest BCUT2D eigenvalue weighted by atomic mass is 19.1. The number of para-hydroxylation sites is 1. The first kappa shape index (κ1) is 16.8.